The number of hydrogen-bond donors (Lipinski definition) is 2. The molecule has 36 heavy (non-hydrogen) atoms. The van der Waals surface area contributed by atoms with Crippen molar-refractivity contribution in [2.45, 2.75) is 77.4 Å². The van der Waals surface area contributed by atoms with Crippen LogP contribution in [0.25, 0.3) is 0 Å². The number of hydrogen-bond acceptors (Lipinski definition) is 7. The molecule has 2 aliphatic heterocycles. The Hall–Kier alpha value is -2.01. The van der Waals surface area contributed by atoms with E-state index in [0.717, 1.165) is 44.4 Å². The third-order valence-electron chi connectivity index (χ3n) is 6.68. The molecule has 3 fully saturated rings. The molecule has 0 spiro atoms. The highest BCUT2D eigenvalue weighted by Crippen LogP contribution is 2.27. The average Bonchev–Trinajstić information content (AvgIpc) is 3.24. The number of amides is 3. The van der Waals surface area contributed by atoms with Crippen LogP contribution in [0.3, 0.4) is 0 Å². The summed E-state index contributed by atoms with van der Waals surface area (Å²) in [6.45, 7) is 7.07. The van der Waals surface area contributed by atoms with Crippen molar-refractivity contribution in [2.75, 3.05) is 32.4 Å². The standard InChI is InChI=1S/C24H39N5O5S.ClH/c1-24(2,3)34-23(33)29-12-10-16(11-13-29)18(25-20(31)17-8-6-5-7-9-17)19(30)21(32)26-27-22-28(4)14-15-35-22;/h16-18H,5-15H2,1-4H3,(H,25,31)(H,26,32);1H. The van der Waals surface area contributed by atoms with Crippen molar-refractivity contribution in [1.82, 2.24) is 20.5 Å². The van der Waals surface area contributed by atoms with Crippen LogP contribution in [0.4, 0.5) is 4.79 Å². The molecule has 1 saturated carbocycles. The lowest BCUT2D eigenvalue weighted by molar-refractivity contribution is -0.142. The van der Waals surface area contributed by atoms with Crippen LogP contribution in [-0.4, -0.2) is 82.7 Å². The zero-order chi connectivity index (χ0) is 25.6. The van der Waals surface area contributed by atoms with Crippen LogP contribution in [0.1, 0.15) is 65.7 Å². The first-order valence-corrected chi connectivity index (χ1v) is 13.6. The van der Waals surface area contributed by atoms with Gasteiger partial charge in [0, 0.05) is 38.4 Å². The zero-order valence-corrected chi connectivity index (χ0v) is 23.3. The first kappa shape index (κ1) is 30.2. The predicted octanol–water partition coefficient (Wildman–Crippen LogP) is 2.76. The molecular formula is C24H40ClN5O5S. The Morgan fingerprint density at radius 1 is 1.03 bits per heavy atom. The van der Waals surface area contributed by atoms with E-state index >= 15 is 0 Å². The summed E-state index contributed by atoms with van der Waals surface area (Å²) in [5, 5.41) is 7.65. The van der Waals surface area contributed by atoms with Crippen LogP contribution < -0.4 is 10.7 Å². The number of thioether (sulfide) groups is 1. The Morgan fingerprint density at radius 2 is 1.67 bits per heavy atom. The van der Waals surface area contributed by atoms with E-state index in [4.69, 9.17) is 4.74 Å². The maximum atomic E-state index is 13.2. The van der Waals surface area contributed by atoms with Crippen LogP contribution in [0.2, 0.25) is 0 Å². The Bertz CT molecular complexity index is 835. The van der Waals surface area contributed by atoms with Crippen molar-refractivity contribution in [3.8, 4) is 0 Å². The van der Waals surface area contributed by atoms with E-state index in [1.165, 1.54) is 11.8 Å². The van der Waals surface area contributed by atoms with E-state index in [1.807, 2.05) is 32.7 Å². The summed E-state index contributed by atoms with van der Waals surface area (Å²) in [4.78, 5) is 54.9. The van der Waals surface area contributed by atoms with Gasteiger partial charge in [-0.05, 0) is 52.4 Å². The van der Waals surface area contributed by atoms with Crippen LogP contribution in [-0.2, 0) is 19.1 Å². The van der Waals surface area contributed by atoms with Gasteiger partial charge >= 0.3 is 12.0 Å². The molecule has 3 aliphatic rings. The maximum Gasteiger partial charge on any atom is 0.410 e. The van der Waals surface area contributed by atoms with Gasteiger partial charge in [0.1, 0.15) is 11.6 Å². The average molecular weight is 546 g/mol. The number of likely N-dealkylation sites (tertiary alicyclic amines) is 1. The highest BCUT2D eigenvalue weighted by Gasteiger charge is 2.38. The largest absolute Gasteiger partial charge is 0.444 e. The second-order valence-corrected chi connectivity index (χ2v) is 11.7. The number of ketones is 1. The molecule has 0 aromatic heterocycles. The van der Waals surface area contributed by atoms with Crippen molar-refractivity contribution < 1.29 is 23.9 Å². The fourth-order valence-corrected chi connectivity index (χ4v) is 5.64. The van der Waals surface area contributed by atoms with Gasteiger partial charge in [-0.15, -0.1) is 17.5 Å². The Labute approximate surface area is 224 Å². The summed E-state index contributed by atoms with van der Waals surface area (Å²) in [6.07, 6.45) is 5.28. The molecule has 1 unspecified atom stereocenters. The topological polar surface area (TPSA) is 120 Å². The van der Waals surface area contributed by atoms with E-state index in [0.29, 0.717) is 31.1 Å². The molecule has 2 heterocycles. The molecule has 2 saturated heterocycles. The van der Waals surface area contributed by atoms with Gasteiger partial charge < -0.3 is 19.9 Å². The summed E-state index contributed by atoms with van der Waals surface area (Å²) in [6, 6.07) is -0.945. The molecule has 3 rings (SSSR count). The first-order valence-electron chi connectivity index (χ1n) is 12.6. The molecule has 0 radical (unpaired) electrons. The lowest BCUT2D eigenvalue weighted by Gasteiger charge is -2.36. The van der Waals surface area contributed by atoms with Gasteiger partial charge in [0.15, 0.2) is 5.17 Å². The smallest absolute Gasteiger partial charge is 0.410 e. The van der Waals surface area contributed by atoms with Crippen LogP contribution in [0.15, 0.2) is 5.10 Å². The highest BCUT2D eigenvalue weighted by atomic mass is 35.5. The molecule has 0 bridgehead atoms. The summed E-state index contributed by atoms with van der Waals surface area (Å²) < 4.78 is 5.46. The fraction of sp³-hybridized carbons (Fsp3) is 0.792. The Kier molecular flexibility index (Phi) is 11.3. The van der Waals surface area contributed by atoms with Gasteiger partial charge in [-0.3, -0.25) is 14.4 Å². The second-order valence-electron chi connectivity index (χ2n) is 10.6. The summed E-state index contributed by atoms with van der Waals surface area (Å²) in [5.41, 5.74) is 1.79. The van der Waals surface area contributed by atoms with Crippen molar-refractivity contribution in [3.63, 3.8) is 0 Å². The van der Waals surface area contributed by atoms with Crippen LogP contribution in [0.5, 0.6) is 0 Å². The Morgan fingerprint density at radius 3 is 2.22 bits per heavy atom. The normalized spacial score (nSPS) is 21.5. The Balaban J connectivity index is 0.00000456. The number of piperidine rings is 1. The summed E-state index contributed by atoms with van der Waals surface area (Å²) in [7, 11) is 1.87. The van der Waals surface area contributed by atoms with E-state index < -0.39 is 29.4 Å². The number of carbonyl (C=O) groups excluding carboxylic acids is 4. The van der Waals surface area contributed by atoms with Gasteiger partial charge in [0.2, 0.25) is 11.7 Å². The number of nitrogens with one attached hydrogen (secondary N) is 2. The number of ether oxygens (including phenoxy) is 1. The summed E-state index contributed by atoms with van der Waals surface area (Å²) in [5.74, 6) is -1.21. The SMILES string of the molecule is CN1CCSC1=NNC(=O)C(=O)C(NC(=O)C1CCCCC1)C1CCN(C(=O)OC(C)(C)C)CC1.Cl. The first-order chi connectivity index (χ1) is 16.5. The van der Waals surface area contributed by atoms with Crippen molar-refractivity contribution in [3.05, 3.63) is 0 Å². The minimum Gasteiger partial charge on any atom is -0.444 e. The van der Waals surface area contributed by atoms with Crippen molar-refractivity contribution in [2.24, 2.45) is 16.9 Å². The quantitative estimate of drug-likeness (QED) is 0.389. The molecular weight excluding hydrogens is 506 g/mol. The molecule has 1 atom stereocenters. The minimum absolute atomic E-state index is 0. The minimum atomic E-state index is -0.945. The van der Waals surface area contributed by atoms with Crippen LogP contribution in [0, 0.1) is 11.8 Å². The molecule has 0 aromatic rings. The van der Waals surface area contributed by atoms with Gasteiger partial charge in [-0.2, -0.15) is 0 Å². The number of carbonyl (C=O) groups is 4. The number of halogens is 1. The highest BCUT2D eigenvalue weighted by molar-refractivity contribution is 8.14. The van der Waals surface area contributed by atoms with Crippen LogP contribution >= 0.6 is 24.2 Å². The predicted molar refractivity (Wildman–Crippen MR) is 142 cm³/mol. The van der Waals surface area contributed by atoms with Gasteiger partial charge in [0.25, 0.3) is 0 Å². The van der Waals surface area contributed by atoms with Gasteiger partial charge in [-0.1, -0.05) is 31.0 Å². The maximum absolute atomic E-state index is 13.2. The van der Waals surface area contributed by atoms with E-state index in [1.54, 1.807) is 4.90 Å². The third kappa shape index (κ3) is 8.54. The number of amidine groups is 1. The number of rotatable bonds is 6. The zero-order valence-electron chi connectivity index (χ0n) is 21.7. The van der Waals surface area contributed by atoms with E-state index in [2.05, 4.69) is 15.8 Å². The molecule has 3 amide bonds. The lowest BCUT2D eigenvalue weighted by atomic mass is 9.84. The summed E-state index contributed by atoms with van der Waals surface area (Å²) >= 11 is 1.51. The molecule has 12 heteroatoms. The molecule has 204 valence electrons. The van der Waals surface area contributed by atoms with Crippen molar-refractivity contribution in [1.29, 1.82) is 0 Å². The van der Waals surface area contributed by atoms with E-state index in [-0.39, 0.29) is 30.2 Å². The molecule has 10 nitrogen and oxygen atoms in total. The fourth-order valence-electron chi connectivity index (χ4n) is 4.67. The molecule has 2 N–H and O–H groups in total. The number of nitrogens with zero attached hydrogens (tertiary/aromatic N) is 3. The van der Waals surface area contributed by atoms with Gasteiger partial charge in [0.05, 0.1) is 0 Å². The monoisotopic (exact) mass is 545 g/mol. The lowest BCUT2D eigenvalue weighted by Crippen LogP contribution is -2.55. The van der Waals surface area contributed by atoms with Crippen molar-refractivity contribution >= 4 is 53.0 Å². The third-order valence-corrected chi connectivity index (χ3v) is 7.73. The van der Waals surface area contributed by atoms with E-state index in [9.17, 15) is 19.2 Å². The second kappa shape index (κ2) is 13.5. The number of hydrazone groups is 1. The molecule has 0 aromatic carbocycles. The number of Topliss-reactive ketones (excluding diaryl/α,β-unsaturated/α-hetero) is 1. The molecule has 1 aliphatic carbocycles. The van der Waals surface area contributed by atoms with Gasteiger partial charge in [-0.25, -0.2) is 10.2 Å².